The Morgan fingerprint density at radius 2 is 2.39 bits per heavy atom. The first-order chi connectivity index (χ1) is 8.90. The monoisotopic (exact) mass is 244 g/mol. The van der Waals surface area contributed by atoms with Crippen molar-refractivity contribution in [3.05, 3.63) is 41.9 Å². The van der Waals surface area contributed by atoms with Gasteiger partial charge in [-0.1, -0.05) is 18.2 Å². The molecule has 4 heteroatoms. The van der Waals surface area contributed by atoms with Gasteiger partial charge in [-0.05, 0) is 24.6 Å². The van der Waals surface area contributed by atoms with Crippen LogP contribution in [0.2, 0.25) is 0 Å². The van der Waals surface area contributed by atoms with Gasteiger partial charge in [0.2, 0.25) is 0 Å². The average molecular weight is 244 g/mol. The van der Waals surface area contributed by atoms with Crippen LogP contribution in [0, 0.1) is 0 Å². The molecule has 0 saturated carbocycles. The number of fused-ring (bicyclic) bond motifs is 1. The minimum Gasteiger partial charge on any atom is -0.444 e. The Morgan fingerprint density at radius 3 is 3.17 bits per heavy atom. The normalized spacial score (nSPS) is 18.6. The largest absolute Gasteiger partial charge is 0.444 e. The molecule has 1 atom stereocenters. The van der Waals surface area contributed by atoms with E-state index in [4.69, 9.17) is 9.15 Å². The predicted octanol–water partition coefficient (Wildman–Crippen LogP) is 2.17. The van der Waals surface area contributed by atoms with Gasteiger partial charge in [-0.15, -0.1) is 0 Å². The van der Waals surface area contributed by atoms with Crippen molar-refractivity contribution in [2.75, 3.05) is 20.2 Å². The molecule has 0 unspecified atom stereocenters. The van der Waals surface area contributed by atoms with Crippen LogP contribution in [0.3, 0.4) is 0 Å². The Balaban J connectivity index is 2.06. The van der Waals surface area contributed by atoms with Crippen molar-refractivity contribution < 1.29 is 9.15 Å². The fourth-order valence-electron chi connectivity index (χ4n) is 2.51. The van der Waals surface area contributed by atoms with E-state index in [2.05, 4.69) is 22.4 Å². The van der Waals surface area contributed by atoms with E-state index in [0.717, 1.165) is 30.9 Å². The van der Waals surface area contributed by atoms with Crippen molar-refractivity contribution in [3.8, 4) is 11.3 Å². The summed E-state index contributed by atoms with van der Waals surface area (Å²) in [6.45, 7) is 1.58. The van der Waals surface area contributed by atoms with Crippen LogP contribution in [0.25, 0.3) is 11.3 Å². The summed E-state index contributed by atoms with van der Waals surface area (Å²) in [5.74, 6) is 0.831. The van der Waals surface area contributed by atoms with Crippen molar-refractivity contribution >= 4 is 0 Å². The third kappa shape index (κ3) is 1.94. The van der Waals surface area contributed by atoms with Crippen molar-refractivity contribution in [2.24, 2.45) is 0 Å². The summed E-state index contributed by atoms with van der Waals surface area (Å²) in [5.41, 5.74) is 3.71. The van der Waals surface area contributed by atoms with Crippen molar-refractivity contribution in [1.29, 1.82) is 0 Å². The maximum Gasteiger partial charge on any atom is 0.181 e. The van der Waals surface area contributed by atoms with Gasteiger partial charge in [0, 0.05) is 12.1 Å². The molecular weight excluding hydrogens is 228 g/mol. The van der Waals surface area contributed by atoms with E-state index < -0.39 is 0 Å². The molecular formula is C14H16N2O2. The smallest absolute Gasteiger partial charge is 0.181 e. The number of oxazole rings is 1. The summed E-state index contributed by atoms with van der Waals surface area (Å²) in [7, 11) is 1.94. The van der Waals surface area contributed by atoms with E-state index in [1.165, 1.54) is 17.5 Å². The number of aromatic nitrogens is 1. The molecule has 0 amide bonds. The predicted molar refractivity (Wildman–Crippen MR) is 68.3 cm³/mol. The van der Waals surface area contributed by atoms with Crippen molar-refractivity contribution in [3.63, 3.8) is 0 Å². The molecule has 0 radical (unpaired) electrons. The summed E-state index contributed by atoms with van der Waals surface area (Å²) in [6.07, 6.45) is 4.28. The Kier molecular flexibility index (Phi) is 3.13. The summed E-state index contributed by atoms with van der Waals surface area (Å²) in [5, 5.41) is 3.17. The fourth-order valence-corrected chi connectivity index (χ4v) is 2.51. The third-order valence-electron chi connectivity index (χ3n) is 3.32. The highest BCUT2D eigenvalue weighted by Crippen LogP contribution is 2.33. The number of nitrogens with one attached hydrogen (secondary N) is 1. The number of ether oxygens (including phenoxy) is 1. The molecule has 1 aliphatic rings. The summed E-state index contributed by atoms with van der Waals surface area (Å²) in [6, 6.07) is 6.27. The molecule has 4 nitrogen and oxygen atoms in total. The first kappa shape index (κ1) is 11.4. The zero-order chi connectivity index (χ0) is 12.4. The van der Waals surface area contributed by atoms with Gasteiger partial charge < -0.3 is 14.5 Å². The van der Waals surface area contributed by atoms with E-state index >= 15 is 0 Å². The van der Waals surface area contributed by atoms with Crippen LogP contribution in [0.1, 0.15) is 17.2 Å². The van der Waals surface area contributed by atoms with Gasteiger partial charge in [-0.3, -0.25) is 0 Å². The lowest BCUT2D eigenvalue weighted by molar-refractivity contribution is 0.0440. The van der Waals surface area contributed by atoms with Crippen LogP contribution < -0.4 is 5.32 Å². The molecule has 2 aromatic rings. The van der Waals surface area contributed by atoms with Gasteiger partial charge in [0.25, 0.3) is 0 Å². The second-order valence-electron chi connectivity index (χ2n) is 4.41. The molecule has 0 spiro atoms. The molecule has 0 saturated heterocycles. The Labute approximate surface area is 106 Å². The minimum atomic E-state index is 0.127. The SMILES string of the molecule is CNC[C@@H]1OCCc2c(-c3cnco3)cccc21. The number of likely N-dealkylation sites (N-methyl/N-ethyl adjacent to an activating group) is 1. The lowest BCUT2D eigenvalue weighted by Crippen LogP contribution is -2.25. The molecule has 0 aliphatic carbocycles. The van der Waals surface area contributed by atoms with Crippen LogP contribution in [0.15, 0.2) is 35.2 Å². The fraction of sp³-hybridized carbons (Fsp3) is 0.357. The number of benzene rings is 1. The molecule has 2 heterocycles. The second-order valence-corrected chi connectivity index (χ2v) is 4.41. The number of rotatable bonds is 3. The van der Waals surface area contributed by atoms with Gasteiger partial charge in [-0.2, -0.15) is 0 Å². The van der Waals surface area contributed by atoms with Gasteiger partial charge in [0.1, 0.15) is 0 Å². The number of hydrogen-bond donors (Lipinski definition) is 1. The zero-order valence-corrected chi connectivity index (χ0v) is 10.3. The molecule has 0 fully saturated rings. The van der Waals surface area contributed by atoms with Crippen molar-refractivity contribution in [2.45, 2.75) is 12.5 Å². The number of hydrogen-bond acceptors (Lipinski definition) is 4. The Morgan fingerprint density at radius 1 is 1.44 bits per heavy atom. The van der Waals surface area contributed by atoms with Crippen LogP contribution in [0.5, 0.6) is 0 Å². The highest BCUT2D eigenvalue weighted by Gasteiger charge is 2.23. The van der Waals surface area contributed by atoms with Crippen LogP contribution in [-0.4, -0.2) is 25.2 Å². The molecule has 1 aromatic carbocycles. The highest BCUT2D eigenvalue weighted by atomic mass is 16.5. The zero-order valence-electron chi connectivity index (χ0n) is 10.3. The third-order valence-corrected chi connectivity index (χ3v) is 3.32. The summed E-state index contributed by atoms with van der Waals surface area (Å²) < 4.78 is 11.2. The summed E-state index contributed by atoms with van der Waals surface area (Å²) in [4.78, 5) is 3.99. The quantitative estimate of drug-likeness (QED) is 0.899. The molecule has 1 aromatic heterocycles. The van der Waals surface area contributed by atoms with Crippen LogP contribution >= 0.6 is 0 Å². The lowest BCUT2D eigenvalue weighted by Gasteiger charge is -2.27. The van der Waals surface area contributed by atoms with E-state index in [-0.39, 0.29) is 6.10 Å². The Hall–Kier alpha value is -1.65. The maximum atomic E-state index is 5.81. The highest BCUT2D eigenvalue weighted by molar-refractivity contribution is 5.64. The molecule has 1 aliphatic heterocycles. The van der Waals surface area contributed by atoms with Crippen molar-refractivity contribution in [1.82, 2.24) is 10.3 Å². The van der Waals surface area contributed by atoms with E-state index in [1.54, 1.807) is 6.20 Å². The van der Waals surface area contributed by atoms with Crippen LogP contribution in [0.4, 0.5) is 0 Å². The molecule has 18 heavy (non-hydrogen) atoms. The standard InChI is InChI=1S/C14H16N2O2/c1-15-7-13-11-3-2-4-12(10(11)5-6-17-13)14-8-16-9-18-14/h2-4,8-9,13,15H,5-7H2,1H3/t13-/m0/s1. The Bertz CT molecular complexity index is 523. The minimum absolute atomic E-state index is 0.127. The van der Waals surface area contributed by atoms with Crippen LogP contribution in [-0.2, 0) is 11.2 Å². The molecule has 3 rings (SSSR count). The first-order valence-electron chi connectivity index (χ1n) is 6.17. The van der Waals surface area contributed by atoms with E-state index in [1.807, 2.05) is 13.1 Å². The van der Waals surface area contributed by atoms with E-state index in [0.29, 0.717) is 0 Å². The van der Waals surface area contributed by atoms with E-state index in [9.17, 15) is 0 Å². The van der Waals surface area contributed by atoms with Gasteiger partial charge in [-0.25, -0.2) is 4.98 Å². The summed E-state index contributed by atoms with van der Waals surface area (Å²) >= 11 is 0. The topological polar surface area (TPSA) is 47.3 Å². The van der Waals surface area contributed by atoms with Gasteiger partial charge in [0.05, 0.1) is 18.9 Å². The lowest BCUT2D eigenvalue weighted by atomic mass is 9.92. The number of nitrogens with zero attached hydrogens (tertiary/aromatic N) is 1. The average Bonchev–Trinajstić information content (AvgIpc) is 2.93. The maximum absolute atomic E-state index is 5.81. The first-order valence-corrected chi connectivity index (χ1v) is 6.17. The molecule has 1 N–H and O–H groups in total. The second kappa shape index (κ2) is 4.92. The van der Waals surface area contributed by atoms with Gasteiger partial charge >= 0.3 is 0 Å². The van der Waals surface area contributed by atoms with Gasteiger partial charge in [0.15, 0.2) is 12.2 Å². The molecule has 0 bridgehead atoms. The molecule has 94 valence electrons.